The van der Waals surface area contributed by atoms with Crippen LogP contribution >= 0.6 is 40.8 Å². The molecular formula is C10H15N2OPS3. The van der Waals surface area contributed by atoms with Crippen LogP contribution in [0.4, 0.5) is 0 Å². The molecule has 0 saturated heterocycles. The van der Waals surface area contributed by atoms with Crippen LogP contribution in [0, 0.1) is 0 Å². The van der Waals surface area contributed by atoms with Crippen molar-refractivity contribution in [1.29, 1.82) is 0 Å². The van der Waals surface area contributed by atoms with Crippen molar-refractivity contribution in [3.63, 3.8) is 0 Å². The van der Waals surface area contributed by atoms with Crippen molar-refractivity contribution in [1.82, 2.24) is 4.98 Å². The van der Waals surface area contributed by atoms with Crippen LogP contribution in [0.5, 0.6) is 0 Å². The zero-order valence-electron chi connectivity index (χ0n) is 9.30. The summed E-state index contributed by atoms with van der Waals surface area (Å²) in [5, 5.41) is 1.02. The van der Waals surface area contributed by atoms with Crippen molar-refractivity contribution in [3.05, 3.63) is 24.4 Å². The molecule has 0 amide bonds. The smallest absolute Gasteiger partial charge is 0.161 e. The molecule has 1 aromatic rings. The van der Waals surface area contributed by atoms with Crippen LogP contribution in [-0.4, -0.2) is 22.1 Å². The molecule has 0 fully saturated rings. The third kappa shape index (κ3) is 8.06. The SMILES string of the molecule is NCSPC(=O)CCCSSc1ccccn1. The van der Waals surface area contributed by atoms with E-state index in [0.29, 0.717) is 25.6 Å². The molecule has 1 rings (SSSR count). The Morgan fingerprint density at radius 1 is 1.47 bits per heavy atom. The fraction of sp³-hybridized carbons (Fsp3) is 0.400. The molecule has 0 aliphatic carbocycles. The molecular weight excluding hydrogens is 291 g/mol. The van der Waals surface area contributed by atoms with Gasteiger partial charge in [-0.25, -0.2) is 4.98 Å². The maximum atomic E-state index is 11.3. The lowest BCUT2D eigenvalue weighted by Gasteiger charge is -2.00. The Balaban J connectivity index is 1.99. The highest BCUT2D eigenvalue weighted by molar-refractivity contribution is 8.76. The molecule has 94 valence electrons. The van der Waals surface area contributed by atoms with E-state index < -0.39 is 0 Å². The van der Waals surface area contributed by atoms with E-state index in [2.05, 4.69) is 4.98 Å². The van der Waals surface area contributed by atoms with Crippen LogP contribution in [0.15, 0.2) is 29.4 Å². The number of hydrogen-bond donors (Lipinski definition) is 1. The van der Waals surface area contributed by atoms with Crippen LogP contribution in [0.25, 0.3) is 0 Å². The summed E-state index contributed by atoms with van der Waals surface area (Å²) in [6.07, 6.45) is 3.39. The van der Waals surface area contributed by atoms with Gasteiger partial charge in [-0.1, -0.05) is 16.9 Å². The van der Waals surface area contributed by atoms with Crippen molar-refractivity contribution in [2.75, 3.05) is 11.6 Å². The van der Waals surface area contributed by atoms with Crippen molar-refractivity contribution < 1.29 is 4.79 Å². The number of carbonyl (C=O) groups is 1. The molecule has 0 aliphatic rings. The van der Waals surface area contributed by atoms with Crippen LogP contribution in [0.1, 0.15) is 12.8 Å². The standard InChI is InChI=1S/C10H15N2OPS3/c11-8-15-14-10(13)5-3-7-16-17-9-4-1-2-6-12-9/h1-2,4,6,14H,3,5,7-8,11H2. The van der Waals surface area contributed by atoms with Gasteiger partial charge in [0.1, 0.15) is 5.03 Å². The van der Waals surface area contributed by atoms with E-state index in [0.717, 1.165) is 17.2 Å². The zero-order valence-corrected chi connectivity index (χ0v) is 12.7. The molecule has 1 aromatic heterocycles. The minimum absolute atomic E-state index is 0.315. The van der Waals surface area contributed by atoms with Crippen LogP contribution < -0.4 is 5.73 Å². The van der Waals surface area contributed by atoms with Gasteiger partial charge in [-0.2, -0.15) is 0 Å². The Morgan fingerprint density at radius 2 is 2.35 bits per heavy atom. The van der Waals surface area contributed by atoms with Gasteiger partial charge in [0, 0.05) is 32.0 Å². The fourth-order valence-corrected chi connectivity index (χ4v) is 4.49. The molecule has 1 atom stereocenters. The Kier molecular flexibility index (Phi) is 9.20. The summed E-state index contributed by atoms with van der Waals surface area (Å²) >= 11 is 1.51. The second-order valence-electron chi connectivity index (χ2n) is 3.01. The van der Waals surface area contributed by atoms with E-state index in [1.54, 1.807) is 27.8 Å². The molecule has 0 spiro atoms. The number of nitrogens with two attached hydrogens (primary N) is 1. The summed E-state index contributed by atoms with van der Waals surface area (Å²) in [7, 11) is 3.72. The van der Waals surface area contributed by atoms with Gasteiger partial charge in [-0.05, 0) is 29.3 Å². The maximum Gasteiger partial charge on any atom is 0.161 e. The van der Waals surface area contributed by atoms with E-state index in [-0.39, 0.29) is 0 Å². The minimum Gasteiger partial charge on any atom is -0.322 e. The van der Waals surface area contributed by atoms with Gasteiger partial charge in [-0.15, -0.1) is 11.4 Å². The first-order chi connectivity index (χ1) is 8.33. The van der Waals surface area contributed by atoms with Crippen LogP contribution in [0.3, 0.4) is 0 Å². The highest BCUT2D eigenvalue weighted by Gasteiger charge is 2.02. The first-order valence-electron chi connectivity index (χ1n) is 5.14. The topological polar surface area (TPSA) is 56.0 Å². The zero-order chi connectivity index (χ0) is 12.3. The van der Waals surface area contributed by atoms with E-state index >= 15 is 0 Å². The summed E-state index contributed by atoms with van der Waals surface area (Å²) in [6.45, 7) is 0. The van der Waals surface area contributed by atoms with Crippen molar-refractivity contribution in [2.24, 2.45) is 5.73 Å². The number of hydrogen-bond acceptors (Lipinski definition) is 6. The van der Waals surface area contributed by atoms with Gasteiger partial charge in [-0.3, -0.25) is 4.79 Å². The van der Waals surface area contributed by atoms with Gasteiger partial charge in [0.05, 0.1) is 0 Å². The monoisotopic (exact) mass is 306 g/mol. The summed E-state index contributed by atoms with van der Waals surface area (Å²) in [4.78, 5) is 15.6. The average Bonchev–Trinajstić information content (AvgIpc) is 2.37. The van der Waals surface area contributed by atoms with E-state index in [4.69, 9.17) is 5.73 Å². The summed E-state index contributed by atoms with van der Waals surface area (Å²) in [5.41, 5.74) is 5.64. The van der Waals surface area contributed by atoms with Gasteiger partial charge < -0.3 is 5.73 Å². The molecule has 1 unspecified atom stereocenters. The van der Waals surface area contributed by atoms with Crippen molar-refractivity contribution >= 4 is 46.3 Å². The molecule has 1 heterocycles. The molecule has 17 heavy (non-hydrogen) atoms. The van der Waals surface area contributed by atoms with Crippen LogP contribution in [0.2, 0.25) is 0 Å². The molecule has 0 radical (unpaired) electrons. The lowest BCUT2D eigenvalue weighted by atomic mass is 10.4. The third-order valence-electron chi connectivity index (χ3n) is 1.68. The minimum atomic E-state index is 0.315. The molecule has 0 bridgehead atoms. The second kappa shape index (κ2) is 10.2. The van der Waals surface area contributed by atoms with E-state index in [9.17, 15) is 4.79 Å². The molecule has 0 saturated carbocycles. The van der Waals surface area contributed by atoms with Gasteiger partial charge in [0.2, 0.25) is 0 Å². The fourth-order valence-electron chi connectivity index (χ4n) is 0.963. The first-order valence-corrected chi connectivity index (χ1v) is 10.2. The van der Waals surface area contributed by atoms with Gasteiger partial charge in [0.25, 0.3) is 0 Å². The number of aromatic nitrogens is 1. The second-order valence-corrected chi connectivity index (χ2v) is 8.31. The molecule has 0 aromatic carbocycles. The van der Waals surface area contributed by atoms with Crippen LogP contribution in [-0.2, 0) is 4.79 Å². The summed E-state index contributed by atoms with van der Waals surface area (Å²) in [6, 6.07) is 5.87. The maximum absolute atomic E-state index is 11.3. The molecule has 7 heteroatoms. The quantitative estimate of drug-likeness (QED) is 0.327. The first kappa shape index (κ1) is 15.3. The average molecular weight is 306 g/mol. The number of rotatable bonds is 9. The van der Waals surface area contributed by atoms with Crippen molar-refractivity contribution in [3.8, 4) is 0 Å². The Hall–Kier alpha value is 0.260. The number of nitrogens with zero attached hydrogens (tertiary/aromatic N) is 1. The third-order valence-corrected chi connectivity index (χ3v) is 6.44. The normalized spacial score (nSPS) is 11.1. The largest absolute Gasteiger partial charge is 0.322 e. The molecule has 3 nitrogen and oxygen atoms in total. The van der Waals surface area contributed by atoms with Gasteiger partial charge in [0.15, 0.2) is 5.52 Å². The number of pyridine rings is 1. The Morgan fingerprint density at radius 3 is 3.06 bits per heavy atom. The predicted molar refractivity (Wildman–Crippen MR) is 81.8 cm³/mol. The van der Waals surface area contributed by atoms with E-state index in [1.807, 2.05) is 18.2 Å². The highest BCUT2D eigenvalue weighted by Crippen LogP contribution is 2.32. The molecule has 2 N–H and O–H groups in total. The molecule has 0 aliphatic heterocycles. The van der Waals surface area contributed by atoms with E-state index in [1.165, 1.54) is 11.4 Å². The van der Waals surface area contributed by atoms with Gasteiger partial charge >= 0.3 is 0 Å². The predicted octanol–water partition coefficient (Wildman–Crippen LogP) is 3.37. The highest BCUT2D eigenvalue weighted by atomic mass is 33.1. The summed E-state index contributed by atoms with van der Waals surface area (Å²) in [5.74, 6) is 1.51. The van der Waals surface area contributed by atoms with Crippen molar-refractivity contribution in [2.45, 2.75) is 17.9 Å². The Bertz CT molecular complexity index is 327. The lowest BCUT2D eigenvalue weighted by molar-refractivity contribution is -0.111. The number of carbonyl (C=O) groups excluding carboxylic acids is 1. The Labute approximate surface area is 115 Å². The lowest BCUT2D eigenvalue weighted by Crippen LogP contribution is -1.92. The summed E-state index contributed by atoms with van der Waals surface area (Å²) < 4.78 is 0.